The van der Waals surface area contributed by atoms with Gasteiger partial charge in [-0.2, -0.15) is 0 Å². The van der Waals surface area contributed by atoms with Crippen LogP contribution in [-0.4, -0.2) is 12.6 Å². The van der Waals surface area contributed by atoms with Crippen LogP contribution in [-0.2, 0) is 13.0 Å². The molecule has 0 spiro atoms. The smallest absolute Gasteiger partial charge is 0.319 e. The van der Waals surface area contributed by atoms with E-state index in [2.05, 4.69) is 29.7 Å². The van der Waals surface area contributed by atoms with Crippen molar-refractivity contribution in [3.8, 4) is 0 Å². The summed E-state index contributed by atoms with van der Waals surface area (Å²) in [6, 6.07) is 15.5. The lowest BCUT2D eigenvalue weighted by Gasteiger charge is -2.09. The molecule has 4 N–H and O–H groups in total. The minimum absolute atomic E-state index is 0.197. The van der Waals surface area contributed by atoms with Crippen LogP contribution in [0.2, 0.25) is 0 Å². The van der Waals surface area contributed by atoms with Gasteiger partial charge in [0.15, 0.2) is 0 Å². The van der Waals surface area contributed by atoms with Gasteiger partial charge in [0.25, 0.3) is 0 Å². The molecule has 21 heavy (non-hydrogen) atoms. The van der Waals surface area contributed by atoms with E-state index >= 15 is 0 Å². The van der Waals surface area contributed by atoms with Crippen molar-refractivity contribution in [3.05, 3.63) is 65.2 Å². The van der Waals surface area contributed by atoms with Gasteiger partial charge in [-0.3, -0.25) is 0 Å². The number of carbonyl (C=O) groups is 1. The Morgan fingerprint density at radius 1 is 1.14 bits per heavy atom. The van der Waals surface area contributed by atoms with Crippen LogP contribution in [0.5, 0.6) is 0 Å². The maximum atomic E-state index is 11.8. The molecule has 110 valence electrons. The van der Waals surface area contributed by atoms with E-state index in [1.54, 1.807) is 0 Å². The molecule has 0 bridgehead atoms. The molecule has 4 heteroatoms. The summed E-state index contributed by atoms with van der Waals surface area (Å²) in [4.78, 5) is 11.8. The highest BCUT2D eigenvalue weighted by molar-refractivity contribution is 5.89. The topological polar surface area (TPSA) is 67.2 Å². The summed E-state index contributed by atoms with van der Waals surface area (Å²) in [6.45, 7) is 3.14. The van der Waals surface area contributed by atoms with E-state index in [0.717, 1.165) is 17.7 Å². The van der Waals surface area contributed by atoms with Crippen LogP contribution >= 0.6 is 0 Å². The van der Waals surface area contributed by atoms with Gasteiger partial charge in [-0.05, 0) is 42.2 Å². The van der Waals surface area contributed by atoms with Gasteiger partial charge in [-0.15, -0.1) is 0 Å². The SMILES string of the molecule is Cc1ccccc1CCNC(=O)Nc1cccc(CN)c1. The average Bonchev–Trinajstić information content (AvgIpc) is 2.49. The lowest BCUT2D eigenvalue weighted by Crippen LogP contribution is -2.30. The first kappa shape index (κ1) is 15.1. The predicted molar refractivity (Wildman–Crippen MR) is 86.2 cm³/mol. The van der Waals surface area contributed by atoms with Crippen LogP contribution in [0.4, 0.5) is 10.5 Å². The van der Waals surface area contributed by atoms with Gasteiger partial charge in [0.05, 0.1) is 0 Å². The van der Waals surface area contributed by atoms with Crippen LogP contribution in [0.25, 0.3) is 0 Å². The molecule has 0 fully saturated rings. The first-order valence-electron chi connectivity index (χ1n) is 7.07. The van der Waals surface area contributed by atoms with E-state index in [-0.39, 0.29) is 6.03 Å². The minimum atomic E-state index is -0.197. The lowest BCUT2D eigenvalue weighted by molar-refractivity contribution is 0.252. The fraction of sp³-hybridized carbons (Fsp3) is 0.235. The quantitative estimate of drug-likeness (QED) is 0.790. The first-order chi connectivity index (χ1) is 10.2. The average molecular weight is 283 g/mol. The highest BCUT2D eigenvalue weighted by Gasteiger charge is 2.02. The van der Waals surface area contributed by atoms with Crippen molar-refractivity contribution < 1.29 is 4.79 Å². The fourth-order valence-electron chi connectivity index (χ4n) is 2.15. The number of hydrogen-bond acceptors (Lipinski definition) is 2. The molecule has 0 atom stereocenters. The van der Waals surface area contributed by atoms with E-state index in [4.69, 9.17) is 5.73 Å². The largest absolute Gasteiger partial charge is 0.338 e. The predicted octanol–water partition coefficient (Wildman–Crippen LogP) is 2.82. The van der Waals surface area contributed by atoms with Crippen LogP contribution in [0.1, 0.15) is 16.7 Å². The maximum Gasteiger partial charge on any atom is 0.319 e. The molecule has 2 rings (SSSR count). The molecule has 2 aromatic rings. The molecule has 0 aliphatic heterocycles. The van der Waals surface area contributed by atoms with Gasteiger partial charge in [0.2, 0.25) is 0 Å². The van der Waals surface area contributed by atoms with Crippen molar-refractivity contribution in [1.29, 1.82) is 0 Å². The Hall–Kier alpha value is -2.33. The number of benzene rings is 2. The number of carbonyl (C=O) groups excluding carboxylic acids is 1. The second-order valence-corrected chi connectivity index (χ2v) is 4.96. The summed E-state index contributed by atoms with van der Waals surface area (Å²) >= 11 is 0. The molecule has 2 aromatic carbocycles. The summed E-state index contributed by atoms with van der Waals surface area (Å²) in [7, 11) is 0. The molecule has 0 aromatic heterocycles. The molecule has 0 aliphatic carbocycles. The number of urea groups is 1. The Bertz CT molecular complexity index is 610. The van der Waals surface area contributed by atoms with Gasteiger partial charge in [-0.1, -0.05) is 36.4 Å². The zero-order valence-corrected chi connectivity index (χ0v) is 12.2. The van der Waals surface area contributed by atoms with E-state index in [9.17, 15) is 4.79 Å². The third-order valence-electron chi connectivity index (χ3n) is 3.36. The molecular formula is C17H21N3O. The second kappa shape index (κ2) is 7.45. The molecule has 0 radical (unpaired) electrons. The number of anilines is 1. The van der Waals surface area contributed by atoms with Gasteiger partial charge in [-0.25, -0.2) is 4.79 Å². The molecule has 0 heterocycles. The van der Waals surface area contributed by atoms with Gasteiger partial charge in [0.1, 0.15) is 0 Å². The van der Waals surface area contributed by atoms with Gasteiger partial charge >= 0.3 is 6.03 Å². The monoisotopic (exact) mass is 283 g/mol. The summed E-state index contributed by atoms with van der Waals surface area (Å²) in [5, 5.41) is 5.67. The van der Waals surface area contributed by atoms with Crippen molar-refractivity contribution in [3.63, 3.8) is 0 Å². The lowest BCUT2D eigenvalue weighted by atomic mass is 10.1. The molecule has 2 amide bonds. The van der Waals surface area contributed by atoms with E-state index in [1.807, 2.05) is 36.4 Å². The van der Waals surface area contributed by atoms with Crippen molar-refractivity contribution in [1.82, 2.24) is 5.32 Å². The summed E-state index contributed by atoms with van der Waals surface area (Å²) in [5.74, 6) is 0. The number of nitrogens with two attached hydrogens (primary N) is 1. The number of amides is 2. The standard InChI is InChI=1S/C17H21N3O/c1-13-5-2-3-7-15(13)9-10-19-17(21)20-16-8-4-6-14(11-16)12-18/h2-8,11H,9-10,12,18H2,1H3,(H2,19,20,21). The van der Waals surface area contributed by atoms with Crippen molar-refractivity contribution in [2.24, 2.45) is 5.73 Å². The van der Waals surface area contributed by atoms with Gasteiger partial charge in [0, 0.05) is 18.8 Å². The van der Waals surface area contributed by atoms with Crippen LogP contribution in [0, 0.1) is 6.92 Å². The minimum Gasteiger partial charge on any atom is -0.338 e. The van der Waals surface area contributed by atoms with Gasteiger partial charge < -0.3 is 16.4 Å². The number of rotatable bonds is 5. The Kier molecular flexibility index (Phi) is 5.35. The highest BCUT2D eigenvalue weighted by Crippen LogP contribution is 2.10. The first-order valence-corrected chi connectivity index (χ1v) is 7.07. The summed E-state index contributed by atoms with van der Waals surface area (Å²) < 4.78 is 0. The van der Waals surface area contributed by atoms with Crippen LogP contribution in [0.15, 0.2) is 48.5 Å². The molecule has 0 aliphatic rings. The highest BCUT2D eigenvalue weighted by atomic mass is 16.2. The van der Waals surface area contributed by atoms with Crippen molar-refractivity contribution in [2.75, 3.05) is 11.9 Å². The van der Waals surface area contributed by atoms with Crippen molar-refractivity contribution in [2.45, 2.75) is 19.9 Å². The van der Waals surface area contributed by atoms with E-state index < -0.39 is 0 Å². The van der Waals surface area contributed by atoms with Crippen LogP contribution in [0.3, 0.4) is 0 Å². The third-order valence-corrected chi connectivity index (χ3v) is 3.36. The molecule has 4 nitrogen and oxygen atoms in total. The van der Waals surface area contributed by atoms with E-state index in [0.29, 0.717) is 13.1 Å². The third kappa shape index (κ3) is 4.61. The normalized spacial score (nSPS) is 10.2. The molecule has 0 unspecified atom stereocenters. The second-order valence-electron chi connectivity index (χ2n) is 4.96. The summed E-state index contributed by atoms with van der Waals surface area (Å²) in [6.07, 6.45) is 0.822. The zero-order valence-electron chi connectivity index (χ0n) is 12.2. The van der Waals surface area contributed by atoms with Crippen molar-refractivity contribution >= 4 is 11.7 Å². The Balaban J connectivity index is 1.81. The Morgan fingerprint density at radius 3 is 2.71 bits per heavy atom. The number of hydrogen-bond donors (Lipinski definition) is 3. The van der Waals surface area contributed by atoms with E-state index in [1.165, 1.54) is 11.1 Å². The molecule has 0 saturated carbocycles. The zero-order chi connectivity index (χ0) is 15.1. The fourth-order valence-corrected chi connectivity index (χ4v) is 2.15. The Labute approximate surface area is 125 Å². The number of aryl methyl sites for hydroxylation is 1. The molecular weight excluding hydrogens is 262 g/mol. The van der Waals surface area contributed by atoms with Crippen LogP contribution < -0.4 is 16.4 Å². The Morgan fingerprint density at radius 2 is 1.95 bits per heavy atom. The maximum absolute atomic E-state index is 11.8. The summed E-state index contributed by atoms with van der Waals surface area (Å²) in [5.41, 5.74) is 9.83. The number of nitrogens with one attached hydrogen (secondary N) is 2. The molecule has 0 saturated heterocycles.